The number of allylic oxidation sites excluding steroid dienone is 1. The van der Waals surface area contributed by atoms with E-state index in [-0.39, 0.29) is 18.3 Å². The molecule has 0 saturated heterocycles. The van der Waals surface area contributed by atoms with Crippen LogP contribution in [0.15, 0.2) is 11.5 Å². The van der Waals surface area contributed by atoms with Crippen molar-refractivity contribution in [1.82, 2.24) is 10.6 Å². The van der Waals surface area contributed by atoms with Gasteiger partial charge in [0.05, 0.1) is 5.57 Å². The monoisotopic (exact) mass is 446 g/mol. The summed E-state index contributed by atoms with van der Waals surface area (Å²) in [6.45, 7) is 1.51. The van der Waals surface area contributed by atoms with Crippen LogP contribution in [0.2, 0.25) is 0 Å². The molecule has 0 aliphatic carbocycles. The lowest BCUT2D eigenvalue weighted by Crippen LogP contribution is -2.42. The van der Waals surface area contributed by atoms with Gasteiger partial charge in [-0.2, -0.15) is 0 Å². The smallest absolute Gasteiger partial charge is 0.393 e. The van der Waals surface area contributed by atoms with E-state index in [1.165, 1.54) is 6.92 Å². The number of rotatable bonds is 4. The van der Waals surface area contributed by atoms with Gasteiger partial charge in [0.1, 0.15) is 0 Å². The first-order chi connectivity index (χ1) is 10.3. The Bertz CT molecular complexity index is 537. The van der Waals surface area contributed by atoms with Crippen LogP contribution in [0, 0.1) is 0 Å². The Morgan fingerprint density at radius 1 is 0.957 bits per heavy atom. The second-order valence-corrected chi connectivity index (χ2v) is 8.18. The standard InChI is InChI=1S/C10H8Cl6N2O5/c1-2-4(3-19)5(17-6(20)9(11,12)13)23-8(22)18-7(21)10(14,15)16/h3H,2H2,1H3,(H,17,20)(H,18,21,22)/b5-4-. The quantitative estimate of drug-likeness (QED) is 0.298. The fourth-order valence-corrected chi connectivity index (χ4v) is 1.21. The van der Waals surface area contributed by atoms with Crippen molar-refractivity contribution in [2.75, 3.05) is 0 Å². The summed E-state index contributed by atoms with van der Waals surface area (Å²) in [7, 11) is 0. The summed E-state index contributed by atoms with van der Waals surface area (Å²) in [6, 6.07) is 0. The lowest BCUT2D eigenvalue weighted by atomic mass is 10.2. The highest BCUT2D eigenvalue weighted by Gasteiger charge is 2.34. The minimum absolute atomic E-state index is 0.0463. The number of amides is 3. The van der Waals surface area contributed by atoms with Gasteiger partial charge in [-0.3, -0.25) is 25.0 Å². The summed E-state index contributed by atoms with van der Waals surface area (Å²) >= 11 is 31.8. The number of hydrogen-bond acceptors (Lipinski definition) is 5. The minimum Gasteiger partial charge on any atom is -0.393 e. The zero-order valence-corrected chi connectivity index (χ0v) is 15.6. The van der Waals surface area contributed by atoms with E-state index in [1.807, 2.05) is 5.32 Å². The van der Waals surface area contributed by atoms with Crippen LogP contribution in [0.1, 0.15) is 13.3 Å². The van der Waals surface area contributed by atoms with Gasteiger partial charge in [0, 0.05) is 0 Å². The third kappa shape index (κ3) is 8.28. The van der Waals surface area contributed by atoms with E-state index >= 15 is 0 Å². The molecule has 2 N–H and O–H groups in total. The molecule has 0 atom stereocenters. The van der Waals surface area contributed by atoms with Gasteiger partial charge >= 0.3 is 6.09 Å². The first-order valence-electron chi connectivity index (χ1n) is 5.49. The van der Waals surface area contributed by atoms with Crippen LogP contribution in [0.3, 0.4) is 0 Å². The maximum absolute atomic E-state index is 11.6. The number of hydrogen-bond donors (Lipinski definition) is 2. The average molecular weight is 449 g/mol. The maximum atomic E-state index is 11.6. The number of imide groups is 1. The Morgan fingerprint density at radius 2 is 1.39 bits per heavy atom. The molecule has 0 rings (SSSR count). The van der Waals surface area contributed by atoms with Crippen molar-refractivity contribution in [3.8, 4) is 0 Å². The van der Waals surface area contributed by atoms with E-state index < -0.39 is 31.4 Å². The first kappa shape index (κ1) is 22.6. The topological polar surface area (TPSA) is 102 Å². The van der Waals surface area contributed by atoms with Crippen LogP contribution >= 0.6 is 69.6 Å². The molecule has 0 heterocycles. The molecule has 0 unspecified atom stereocenters. The van der Waals surface area contributed by atoms with Crippen LogP contribution in [0.5, 0.6) is 0 Å². The SMILES string of the molecule is CC/C(C=O)=C(\NC(=O)C(Cl)(Cl)Cl)OC(=O)NC(=O)C(Cl)(Cl)Cl. The number of alkyl carbamates (subject to hydrolysis) is 1. The first-order valence-corrected chi connectivity index (χ1v) is 7.76. The van der Waals surface area contributed by atoms with Gasteiger partial charge in [-0.25, -0.2) is 4.79 Å². The molecule has 0 bridgehead atoms. The third-order valence-electron chi connectivity index (χ3n) is 1.97. The molecule has 130 valence electrons. The molecular weight excluding hydrogens is 441 g/mol. The highest BCUT2D eigenvalue weighted by Crippen LogP contribution is 2.27. The summed E-state index contributed by atoms with van der Waals surface area (Å²) in [5.41, 5.74) is -0.163. The molecular formula is C10H8Cl6N2O5. The van der Waals surface area contributed by atoms with Crippen molar-refractivity contribution < 1.29 is 23.9 Å². The van der Waals surface area contributed by atoms with Gasteiger partial charge in [-0.15, -0.1) is 0 Å². The summed E-state index contributed by atoms with van der Waals surface area (Å²) < 4.78 is -0.198. The lowest BCUT2D eigenvalue weighted by molar-refractivity contribution is -0.120. The van der Waals surface area contributed by atoms with Crippen molar-refractivity contribution in [2.24, 2.45) is 0 Å². The largest absolute Gasteiger partial charge is 0.420 e. The Kier molecular flexibility index (Phi) is 8.97. The Morgan fingerprint density at radius 3 is 1.74 bits per heavy atom. The number of alkyl halides is 6. The van der Waals surface area contributed by atoms with Gasteiger partial charge in [0.25, 0.3) is 19.4 Å². The van der Waals surface area contributed by atoms with Gasteiger partial charge < -0.3 is 4.74 Å². The molecule has 7 nitrogen and oxygen atoms in total. The molecule has 0 aliphatic heterocycles. The molecule has 0 aromatic carbocycles. The van der Waals surface area contributed by atoms with Crippen LogP contribution in [-0.4, -0.2) is 31.8 Å². The van der Waals surface area contributed by atoms with Crippen molar-refractivity contribution in [3.05, 3.63) is 11.5 Å². The number of carbonyl (C=O) groups excluding carboxylic acids is 4. The zero-order valence-electron chi connectivity index (χ0n) is 11.1. The van der Waals surface area contributed by atoms with Crippen LogP contribution < -0.4 is 10.6 Å². The van der Waals surface area contributed by atoms with E-state index in [1.54, 1.807) is 5.32 Å². The zero-order chi connectivity index (χ0) is 18.4. The average Bonchev–Trinajstić information content (AvgIpc) is 2.37. The molecule has 3 amide bonds. The predicted molar refractivity (Wildman–Crippen MR) is 86.7 cm³/mol. The normalized spacial score (nSPS) is 12.8. The van der Waals surface area contributed by atoms with E-state index in [4.69, 9.17) is 69.6 Å². The highest BCUT2D eigenvalue weighted by atomic mass is 35.6. The third-order valence-corrected chi connectivity index (χ3v) is 3.00. The van der Waals surface area contributed by atoms with Gasteiger partial charge in [0.2, 0.25) is 5.88 Å². The summed E-state index contributed by atoms with van der Waals surface area (Å²) in [4.78, 5) is 45.3. The van der Waals surface area contributed by atoms with Crippen LogP contribution in [0.4, 0.5) is 4.79 Å². The second-order valence-electron chi connectivity index (χ2n) is 3.62. The Labute approximate surface area is 160 Å². The molecule has 0 radical (unpaired) electrons. The molecule has 0 aromatic rings. The van der Waals surface area contributed by atoms with Crippen LogP contribution in [0.25, 0.3) is 0 Å². The molecule has 13 heteroatoms. The van der Waals surface area contributed by atoms with Gasteiger partial charge in [0.15, 0.2) is 6.29 Å². The van der Waals surface area contributed by atoms with E-state index in [9.17, 15) is 19.2 Å². The number of aldehydes is 1. The second kappa shape index (κ2) is 9.15. The fraction of sp³-hybridized carbons (Fsp3) is 0.400. The maximum Gasteiger partial charge on any atom is 0.420 e. The van der Waals surface area contributed by atoms with Gasteiger partial charge in [-0.05, 0) is 6.42 Å². The number of nitrogens with one attached hydrogen (secondary N) is 2. The molecule has 0 aromatic heterocycles. The molecule has 0 spiro atoms. The van der Waals surface area contributed by atoms with E-state index in [2.05, 4.69) is 4.74 Å². The Balaban J connectivity index is 5.25. The predicted octanol–water partition coefficient (Wildman–Crippen LogP) is 2.92. The summed E-state index contributed by atoms with van der Waals surface area (Å²) in [6.07, 6.45) is -1.10. The Hall–Kier alpha value is -0.440. The molecule has 0 aliphatic rings. The molecule has 23 heavy (non-hydrogen) atoms. The number of halogens is 6. The van der Waals surface area contributed by atoms with Crippen molar-refractivity contribution in [3.63, 3.8) is 0 Å². The minimum atomic E-state index is -2.43. The summed E-state index contributed by atoms with van der Waals surface area (Å²) in [5.74, 6) is -3.16. The van der Waals surface area contributed by atoms with Crippen molar-refractivity contribution in [1.29, 1.82) is 0 Å². The van der Waals surface area contributed by atoms with E-state index in [0.29, 0.717) is 0 Å². The number of carbonyl (C=O) groups is 4. The van der Waals surface area contributed by atoms with Crippen molar-refractivity contribution >= 4 is 93.8 Å². The highest BCUT2D eigenvalue weighted by molar-refractivity contribution is 6.76. The van der Waals surface area contributed by atoms with Gasteiger partial charge in [-0.1, -0.05) is 76.5 Å². The van der Waals surface area contributed by atoms with Crippen molar-refractivity contribution in [2.45, 2.75) is 20.9 Å². The summed E-state index contributed by atoms with van der Waals surface area (Å²) in [5, 5.41) is 3.49. The molecule has 0 fully saturated rings. The fourth-order valence-electron chi connectivity index (χ4n) is 0.925. The molecule has 0 saturated carbocycles. The number of ether oxygens (including phenoxy) is 1. The van der Waals surface area contributed by atoms with Crippen LogP contribution in [-0.2, 0) is 19.1 Å². The lowest BCUT2D eigenvalue weighted by Gasteiger charge is -2.16. The van der Waals surface area contributed by atoms with E-state index in [0.717, 1.165) is 0 Å².